The van der Waals surface area contributed by atoms with Crippen molar-refractivity contribution in [3.05, 3.63) is 99.5 Å². The number of carbonyl (C=O) groups excluding carboxylic acids is 4. The maximum Gasteiger partial charge on any atom is 0.416 e. The lowest BCUT2D eigenvalue weighted by atomic mass is 9.77. The molecular weight excluding hydrogens is 555 g/mol. The third kappa shape index (κ3) is 3.21. The third-order valence-corrected chi connectivity index (χ3v) is 7.68. The molecule has 1 spiro atoms. The number of ether oxygens (including phenoxy) is 1. The van der Waals surface area contributed by atoms with E-state index in [-0.39, 0.29) is 16.8 Å². The lowest BCUT2D eigenvalue weighted by Gasteiger charge is -2.27. The Morgan fingerprint density at radius 3 is 2.03 bits per heavy atom. The van der Waals surface area contributed by atoms with Crippen molar-refractivity contribution in [2.24, 2.45) is 11.8 Å². The number of fused-ring (bicyclic) bond motifs is 3. The number of nitrogens with zero attached hydrogens (tertiary/aromatic N) is 1. The van der Waals surface area contributed by atoms with Gasteiger partial charge in [-0.3, -0.25) is 19.2 Å². The lowest BCUT2D eigenvalue weighted by molar-refractivity contribution is -0.137. The van der Waals surface area contributed by atoms with Gasteiger partial charge in [-0.2, -0.15) is 13.2 Å². The molecule has 2 saturated heterocycles. The van der Waals surface area contributed by atoms with Crippen molar-refractivity contribution in [2.75, 3.05) is 4.90 Å². The molecule has 3 aromatic rings. The molecule has 0 N–H and O–H groups in total. The summed E-state index contributed by atoms with van der Waals surface area (Å²) in [6, 6.07) is 16.5. The number of hydrogen-bond acceptors (Lipinski definition) is 5. The van der Waals surface area contributed by atoms with E-state index in [4.69, 9.17) is 4.74 Å². The van der Waals surface area contributed by atoms with Gasteiger partial charge in [-0.05, 0) is 35.9 Å². The number of halogens is 4. The minimum Gasteiger partial charge on any atom is -0.349 e. The Labute approximate surface area is 216 Å². The number of hydrogen-bond donors (Lipinski definition) is 0. The number of rotatable bonds is 2. The second kappa shape index (κ2) is 7.93. The molecule has 6 nitrogen and oxygen atoms in total. The smallest absolute Gasteiger partial charge is 0.349 e. The molecule has 0 unspecified atom stereocenters. The number of Topliss-reactive ketones (excluding diaryl/α,β-unsaturated/α-hetero) is 2. The van der Waals surface area contributed by atoms with Crippen LogP contribution in [0.2, 0.25) is 0 Å². The van der Waals surface area contributed by atoms with Crippen LogP contribution >= 0.6 is 15.9 Å². The number of carbonyl (C=O) groups is 4. The van der Waals surface area contributed by atoms with Crippen molar-refractivity contribution in [3.63, 3.8) is 0 Å². The number of anilines is 1. The molecule has 37 heavy (non-hydrogen) atoms. The summed E-state index contributed by atoms with van der Waals surface area (Å²) in [5, 5.41) is 0. The zero-order valence-corrected chi connectivity index (χ0v) is 20.2. The SMILES string of the molecule is O=C1[C@@H]2[C@H](c3ccc(Br)cc3)OC3(C(=O)c4ccccc4C3=O)[C@H]2C(=O)N1c1cccc(C(F)(F)F)c1. The minimum absolute atomic E-state index is 0.0699. The van der Waals surface area contributed by atoms with Gasteiger partial charge in [0.05, 0.1) is 29.2 Å². The highest BCUT2D eigenvalue weighted by Gasteiger charge is 2.74. The monoisotopic (exact) mass is 569 g/mol. The fourth-order valence-corrected chi connectivity index (χ4v) is 5.81. The van der Waals surface area contributed by atoms with Crippen molar-refractivity contribution < 1.29 is 37.1 Å². The van der Waals surface area contributed by atoms with Gasteiger partial charge in [0.15, 0.2) is 0 Å². The zero-order valence-electron chi connectivity index (χ0n) is 18.7. The summed E-state index contributed by atoms with van der Waals surface area (Å²) >= 11 is 3.32. The first-order chi connectivity index (χ1) is 17.6. The molecular formula is C27H15BrF3NO5. The summed E-state index contributed by atoms with van der Waals surface area (Å²) < 4.78 is 47.0. The van der Waals surface area contributed by atoms with E-state index in [2.05, 4.69) is 15.9 Å². The second-order valence-electron chi connectivity index (χ2n) is 9.09. The first-order valence-electron chi connectivity index (χ1n) is 11.2. The van der Waals surface area contributed by atoms with Crippen LogP contribution in [0.4, 0.5) is 18.9 Å². The van der Waals surface area contributed by atoms with Crippen molar-refractivity contribution in [2.45, 2.75) is 17.9 Å². The van der Waals surface area contributed by atoms with Crippen LogP contribution in [0.25, 0.3) is 0 Å². The Kier molecular flexibility index (Phi) is 5.09. The van der Waals surface area contributed by atoms with Crippen LogP contribution in [-0.2, 0) is 20.5 Å². The quantitative estimate of drug-likeness (QED) is 0.314. The van der Waals surface area contributed by atoms with Crippen LogP contribution in [0.5, 0.6) is 0 Å². The highest BCUT2D eigenvalue weighted by atomic mass is 79.9. The van der Waals surface area contributed by atoms with E-state index in [1.807, 2.05) is 0 Å². The molecule has 10 heteroatoms. The van der Waals surface area contributed by atoms with E-state index in [0.717, 1.165) is 16.6 Å². The number of benzene rings is 3. The van der Waals surface area contributed by atoms with Crippen molar-refractivity contribution in [3.8, 4) is 0 Å². The standard InChI is InChI=1S/C27H15BrF3NO5/c28-15-10-8-13(9-11-15)21-19-20(26(37-21)22(33)17-6-1-2-7-18(17)23(26)34)25(36)32(24(19)35)16-5-3-4-14(12-16)27(29,30)31/h1-12,19-21H/t19-,20+,21-/m0/s1. The Morgan fingerprint density at radius 2 is 1.43 bits per heavy atom. The van der Waals surface area contributed by atoms with Gasteiger partial charge in [0.2, 0.25) is 29.0 Å². The summed E-state index contributed by atoms with van der Waals surface area (Å²) in [5.41, 5.74) is -3.05. The summed E-state index contributed by atoms with van der Waals surface area (Å²) in [5.74, 6) is -6.12. The zero-order chi connectivity index (χ0) is 26.3. The van der Waals surface area contributed by atoms with Gasteiger partial charge in [-0.25, -0.2) is 4.90 Å². The molecule has 0 bridgehead atoms. The molecule has 0 saturated carbocycles. The number of alkyl halides is 3. The first kappa shape index (κ1) is 23.7. The van der Waals surface area contributed by atoms with E-state index in [0.29, 0.717) is 16.5 Å². The van der Waals surface area contributed by atoms with Gasteiger partial charge in [-0.1, -0.05) is 58.4 Å². The maximum atomic E-state index is 13.8. The highest BCUT2D eigenvalue weighted by Crippen LogP contribution is 2.57. The molecule has 0 radical (unpaired) electrons. The van der Waals surface area contributed by atoms with Gasteiger partial charge in [0, 0.05) is 15.6 Å². The van der Waals surface area contributed by atoms with Crippen molar-refractivity contribution >= 4 is 45.0 Å². The van der Waals surface area contributed by atoms with E-state index < -0.39 is 58.7 Å². The van der Waals surface area contributed by atoms with Crippen molar-refractivity contribution in [1.29, 1.82) is 0 Å². The third-order valence-electron chi connectivity index (χ3n) is 7.15. The largest absolute Gasteiger partial charge is 0.416 e. The molecule has 2 aliphatic heterocycles. The van der Waals surface area contributed by atoms with E-state index in [1.165, 1.54) is 18.2 Å². The molecule has 3 atom stereocenters. The molecule has 6 rings (SSSR count). The fraction of sp³-hybridized carbons (Fsp3) is 0.185. The number of amides is 2. The lowest BCUT2D eigenvalue weighted by Crippen LogP contribution is -2.51. The highest BCUT2D eigenvalue weighted by molar-refractivity contribution is 9.10. The molecule has 3 aliphatic rings. The van der Waals surface area contributed by atoms with Crippen LogP contribution in [0, 0.1) is 11.8 Å². The van der Waals surface area contributed by atoms with Gasteiger partial charge in [0.1, 0.15) is 0 Å². The predicted octanol–water partition coefficient (Wildman–Crippen LogP) is 5.16. The Balaban J connectivity index is 1.53. The van der Waals surface area contributed by atoms with Crippen LogP contribution in [-0.4, -0.2) is 29.0 Å². The van der Waals surface area contributed by atoms with E-state index in [9.17, 15) is 32.3 Å². The molecule has 3 aromatic carbocycles. The molecule has 2 heterocycles. The van der Waals surface area contributed by atoms with Gasteiger partial charge >= 0.3 is 6.18 Å². The van der Waals surface area contributed by atoms with Gasteiger partial charge in [-0.15, -0.1) is 0 Å². The Bertz CT molecular complexity index is 1480. The van der Waals surface area contributed by atoms with Gasteiger partial charge < -0.3 is 4.74 Å². The Hall–Kier alpha value is -3.63. The minimum atomic E-state index is -4.71. The summed E-state index contributed by atoms with van der Waals surface area (Å²) in [4.78, 5) is 55.6. The average Bonchev–Trinajstić information content (AvgIpc) is 3.44. The predicted molar refractivity (Wildman–Crippen MR) is 127 cm³/mol. The van der Waals surface area contributed by atoms with E-state index in [1.54, 1.807) is 36.4 Å². The van der Waals surface area contributed by atoms with Gasteiger partial charge in [0.25, 0.3) is 0 Å². The molecule has 1 aliphatic carbocycles. The Morgan fingerprint density at radius 1 is 0.811 bits per heavy atom. The average molecular weight is 570 g/mol. The number of ketones is 2. The molecule has 2 fully saturated rings. The van der Waals surface area contributed by atoms with Crippen molar-refractivity contribution in [1.82, 2.24) is 0 Å². The summed E-state index contributed by atoms with van der Waals surface area (Å²) in [7, 11) is 0. The normalized spacial score (nSPS) is 24.2. The van der Waals surface area contributed by atoms with E-state index >= 15 is 0 Å². The summed E-state index contributed by atoms with van der Waals surface area (Å²) in [6.07, 6.45) is -5.87. The van der Waals surface area contributed by atoms with Crippen LogP contribution < -0.4 is 4.90 Å². The topological polar surface area (TPSA) is 80.8 Å². The molecule has 186 valence electrons. The maximum absolute atomic E-state index is 13.8. The van der Waals surface area contributed by atoms with Crippen LogP contribution in [0.1, 0.15) is 37.9 Å². The molecule has 2 amide bonds. The second-order valence-corrected chi connectivity index (χ2v) is 10.0. The van der Waals surface area contributed by atoms with Crippen LogP contribution in [0.3, 0.4) is 0 Å². The first-order valence-corrected chi connectivity index (χ1v) is 12.0. The number of imide groups is 1. The fourth-order valence-electron chi connectivity index (χ4n) is 5.55. The van der Waals surface area contributed by atoms with Crippen LogP contribution in [0.15, 0.2) is 77.3 Å². The molecule has 0 aromatic heterocycles. The summed E-state index contributed by atoms with van der Waals surface area (Å²) in [6.45, 7) is 0.